The molecule has 1 atom stereocenters. The number of unbranched alkanes of at least 4 members (excludes halogenated alkanes) is 47. The molecule has 0 aliphatic carbocycles. The summed E-state index contributed by atoms with van der Waals surface area (Å²) in [4.78, 5) is 38.4. The van der Waals surface area contributed by atoms with E-state index < -0.39 is 6.10 Å². The van der Waals surface area contributed by atoms with Crippen LogP contribution < -0.4 is 0 Å². The molecule has 6 nitrogen and oxygen atoms in total. The molecule has 0 radical (unpaired) electrons. The van der Waals surface area contributed by atoms with E-state index in [-0.39, 0.29) is 31.1 Å². The third kappa shape index (κ3) is 64.3. The fourth-order valence-electron chi connectivity index (χ4n) is 10.4. The van der Waals surface area contributed by atoms with Crippen LogP contribution in [0, 0.1) is 0 Å². The maximum Gasteiger partial charge on any atom is 0.306 e. The molecule has 0 aliphatic heterocycles. The van der Waals surface area contributed by atoms with Gasteiger partial charge in [-0.15, -0.1) is 0 Å². The van der Waals surface area contributed by atoms with E-state index in [4.69, 9.17) is 14.2 Å². The quantitative estimate of drug-likeness (QED) is 0.0261. The Hall–Kier alpha value is -2.37. The first-order chi connectivity index (χ1) is 38.0. The Bertz CT molecular complexity index is 1290. The Morgan fingerprint density at radius 3 is 0.649 bits per heavy atom. The minimum atomic E-state index is -0.774. The monoisotopic (exact) mass is 1080 g/mol. The van der Waals surface area contributed by atoms with E-state index in [9.17, 15) is 14.4 Å². The molecular weight excluding hydrogens is 949 g/mol. The second kappa shape index (κ2) is 66.1. The van der Waals surface area contributed by atoms with Gasteiger partial charge in [-0.2, -0.15) is 0 Å². The van der Waals surface area contributed by atoms with Crippen LogP contribution >= 0.6 is 0 Å². The highest BCUT2D eigenvalue weighted by Gasteiger charge is 2.19. The van der Waals surface area contributed by atoms with Gasteiger partial charge in [-0.05, 0) is 96.3 Å². The van der Waals surface area contributed by atoms with E-state index >= 15 is 0 Å². The second-order valence-corrected chi connectivity index (χ2v) is 23.4. The van der Waals surface area contributed by atoms with Crippen LogP contribution in [0.3, 0.4) is 0 Å². The average Bonchev–Trinajstić information content (AvgIpc) is 3.43. The van der Waals surface area contributed by atoms with E-state index in [0.717, 1.165) is 57.8 Å². The van der Waals surface area contributed by atoms with Gasteiger partial charge in [0.2, 0.25) is 0 Å². The van der Waals surface area contributed by atoms with Gasteiger partial charge in [0, 0.05) is 19.3 Å². The first-order valence-electron chi connectivity index (χ1n) is 34.5. The number of hydrogen-bond acceptors (Lipinski definition) is 6. The van der Waals surface area contributed by atoms with Gasteiger partial charge in [0.05, 0.1) is 0 Å². The third-order valence-electron chi connectivity index (χ3n) is 15.6. The summed E-state index contributed by atoms with van der Waals surface area (Å²) in [6, 6.07) is 0. The Balaban J connectivity index is 4.32. The summed E-state index contributed by atoms with van der Waals surface area (Å²) in [6.07, 6.45) is 81.6. The van der Waals surface area contributed by atoms with Crippen LogP contribution in [-0.2, 0) is 28.6 Å². The van der Waals surface area contributed by atoms with Gasteiger partial charge in [0.25, 0.3) is 0 Å². The van der Waals surface area contributed by atoms with Gasteiger partial charge in [-0.1, -0.05) is 301 Å². The predicted octanol–water partition coefficient (Wildman–Crippen LogP) is 23.6. The molecule has 452 valence electrons. The minimum absolute atomic E-state index is 0.0704. The number of ether oxygens (including phenoxy) is 3. The van der Waals surface area contributed by atoms with Crippen LogP contribution in [0.5, 0.6) is 0 Å². The highest BCUT2D eigenvalue weighted by atomic mass is 16.6. The lowest BCUT2D eigenvalue weighted by atomic mass is 10.0. The molecule has 0 fully saturated rings. The molecule has 6 heteroatoms. The van der Waals surface area contributed by atoms with Crippen molar-refractivity contribution in [2.45, 2.75) is 386 Å². The van der Waals surface area contributed by atoms with Crippen molar-refractivity contribution in [1.29, 1.82) is 0 Å². The zero-order valence-electron chi connectivity index (χ0n) is 52.0. The van der Waals surface area contributed by atoms with E-state index in [2.05, 4.69) is 57.2 Å². The number of esters is 3. The molecule has 0 aromatic heterocycles. The summed E-state index contributed by atoms with van der Waals surface area (Å²) >= 11 is 0. The molecule has 0 amide bonds. The SMILES string of the molecule is CCCCCCCC/C=C\CCCCCCCCCCCCCC(=O)OC[C@H](COC(=O)CCCCCCCCC/C=C\CCCCCCCC)OC(=O)CCCCCCCCCCCCC/C=C\CCCCCCCC. The Morgan fingerprint density at radius 2 is 0.429 bits per heavy atom. The summed E-state index contributed by atoms with van der Waals surface area (Å²) in [5.41, 5.74) is 0. The second-order valence-electron chi connectivity index (χ2n) is 23.4. The topological polar surface area (TPSA) is 78.9 Å². The van der Waals surface area contributed by atoms with Crippen molar-refractivity contribution >= 4 is 17.9 Å². The summed E-state index contributed by atoms with van der Waals surface area (Å²) in [5, 5.41) is 0. The summed E-state index contributed by atoms with van der Waals surface area (Å²) in [7, 11) is 0. The Labute approximate surface area is 480 Å². The number of rotatable bonds is 64. The van der Waals surface area contributed by atoms with Gasteiger partial charge < -0.3 is 14.2 Å². The maximum atomic E-state index is 13.0. The van der Waals surface area contributed by atoms with Crippen LogP contribution in [0.15, 0.2) is 36.5 Å². The molecule has 0 heterocycles. The van der Waals surface area contributed by atoms with Crippen molar-refractivity contribution < 1.29 is 28.6 Å². The fourth-order valence-corrected chi connectivity index (χ4v) is 10.4. The van der Waals surface area contributed by atoms with Crippen LogP contribution in [0.2, 0.25) is 0 Å². The molecule has 0 rings (SSSR count). The van der Waals surface area contributed by atoms with Gasteiger partial charge in [0.15, 0.2) is 6.10 Å². The molecular formula is C71H132O6. The standard InChI is InChI=1S/C71H132O6/c1-4-7-10-13-16-19-22-25-28-31-33-35-37-40-43-46-49-52-55-58-61-64-70(73)76-67-68(66-75-69(72)63-60-57-54-51-48-45-42-39-30-27-24-21-18-15-12-9-6-3)77-71(74)65-62-59-56-53-50-47-44-41-38-36-34-32-29-26-23-20-17-14-11-8-5-2/h25-30,68H,4-24,31-67H2,1-3H3/b28-25-,29-26-,30-27-/t68-/m0/s1. The van der Waals surface area contributed by atoms with Crippen molar-refractivity contribution in [1.82, 2.24) is 0 Å². The van der Waals surface area contributed by atoms with E-state index in [1.54, 1.807) is 0 Å². The predicted molar refractivity (Wildman–Crippen MR) is 335 cm³/mol. The van der Waals surface area contributed by atoms with Gasteiger partial charge in [-0.3, -0.25) is 14.4 Å². The normalized spacial score (nSPS) is 12.2. The molecule has 0 unspecified atom stereocenters. The summed E-state index contributed by atoms with van der Waals surface area (Å²) in [5.74, 6) is -0.849. The Morgan fingerprint density at radius 1 is 0.247 bits per heavy atom. The lowest BCUT2D eigenvalue weighted by molar-refractivity contribution is -0.167. The lowest BCUT2D eigenvalue weighted by Crippen LogP contribution is -2.30. The third-order valence-corrected chi connectivity index (χ3v) is 15.6. The van der Waals surface area contributed by atoms with Crippen molar-refractivity contribution in [2.75, 3.05) is 13.2 Å². The molecule has 77 heavy (non-hydrogen) atoms. The largest absolute Gasteiger partial charge is 0.462 e. The van der Waals surface area contributed by atoms with Gasteiger partial charge in [-0.25, -0.2) is 0 Å². The highest BCUT2D eigenvalue weighted by Crippen LogP contribution is 2.18. The van der Waals surface area contributed by atoms with Crippen LogP contribution in [0.4, 0.5) is 0 Å². The van der Waals surface area contributed by atoms with Gasteiger partial charge in [0.1, 0.15) is 13.2 Å². The van der Waals surface area contributed by atoms with Crippen molar-refractivity contribution in [3.63, 3.8) is 0 Å². The molecule has 0 aromatic rings. The molecule has 0 spiro atoms. The van der Waals surface area contributed by atoms with E-state index in [1.165, 1.54) is 283 Å². The fraction of sp³-hybridized carbons (Fsp3) is 0.873. The minimum Gasteiger partial charge on any atom is -0.462 e. The molecule has 0 aromatic carbocycles. The number of carbonyl (C=O) groups excluding carboxylic acids is 3. The first-order valence-corrected chi connectivity index (χ1v) is 34.5. The number of hydrogen-bond donors (Lipinski definition) is 0. The van der Waals surface area contributed by atoms with Crippen molar-refractivity contribution in [2.24, 2.45) is 0 Å². The summed E-state index contributed by atoms with van der Waals surface area (Å²) in [6.45, 7) is 6.69. The van der Waals surface area contributed by atoms with Crippen molar-refractivity contribution in [3.05, 3.63) is 36.5 Å². The lowest BCUT2D eigenvalue weighted by Gasteiger charge is -2.18. The van der Waals surface area contributed by atoms with Crippen LogP contribution in [0.25, 0.3) is 0 Å². The first kappa shape index (κ1) is 74.6. The zero-order valence-corrected chi connectivity index (χ0v) is 52.0. The number of allylic oxidation sites excluding steroid dienone is 6. The van der Waals surface area contributed by atoms with E-state index in [0.29, 0.717) is 19.3 Å². The average molecular weight is 1080 g/mol. The maximum absolute atomic E-state index is 13.0. The highest BCUT2D eigenvalue weighted by molar-refractivity contribution is 5.71. The van der Waals surface area contributed by atoms with Crippen LogP contribution in [0.1, 0.15) is 380 Å². The molecule has 0 bridgehead atoms. The molecule has 0 saturated heterocycles. The Kier molecular flexibility index (Phi) is 64.1. The van der Waals surface area contributed by atoms with E-state index in [1.807, 2.05) is 0 Å². The van der Waals surface area contributed by atoms with Crippen molar-refractivity contribution in [3.8, 4) is 0 Å². The number of carbonyl (C=O) groups is 3. The molecule has 0 N–H and O–H groups in total. The van der Waals surface area contributed by atoms with Crippen LogP contribution in [-0.4, -0.2) is 37.2 Å². The van der Waals surface area contributed by atoms with Gasteiger partial charge >= 0.3 is 17.9 Å². The zero-order chi connectivity index (χ0) is 55.7. The molecule has 0 saturated carbocycles. The summed E-state index contributed by atoms with van der Waals surface area (Å²) < 4.78 is 17.0. The molecule has 0 aliphatic rings. The smallest absolute Gasteiger partial charge is 0.306 e.